The van der Waals surface area contributed by atoms with Crippen LogP contribution in [-0.2, 0) is 14.4 Å². The topological polar surface area (TPSA) is 72.9 Å². The minimum atomic E-state index is -0.506. The summed E-state index contributed by atoms with van der Waals surface area (Å²) in [5, 5.41) is 0. The molecular formula is C18H19NO5. The van der Waals surface area contributed by atoms with Crippen molar-refractivity contribution in [2.75, 3.05) is 13.7 Å². The second kappa shape index (κ2) is 6.86. The third-order valence-electron chi connectivity index (χ3n) is 4.43. The lowest BCUT2D eigenvalue weighted by atomic mass is 9.85. The molecule has 2 atom stereocenters. The first kappa shape index (κ1) is 16.2. The zero-order valence-electron chi connectivity index (χ0n) is 13.4. The normalized spacial score (nSPS) is 22.5. The monoisotopic (exact) mass is 329 g/mol. The number of likely N-dealkylation sites (tertiary alicyclic amines) is 1. The van der Waals surface area contributed by atoms with Gasteiger partial charge in [0.2, 0.25) is 11.8 Å². The summed E-state index contributed by atoms with van der Waals surface area (Å²) in [7, 11) is 1.49. The molecule has 1 aromatic rings. The van der Waals surface area contributed by atoms with E-state index in [0.29, 0.717) is 24.3 Å². The Balaban J connectivity index is 1.58. The van der Waals surface area contributed by atoms with Crippen LogP contribution in [0.15, 0.2) is 36.4 Å². The van der Waals surface area contributed by atoms with E-state index in [9.17, 15) is 14.4 Å². The van der Waals surface area contributed by atoms with Gasteiger partial charge >= 0.3 is 5.97 Å². The molecule has 1 aliphatic carbocycles. The Kier molecular flexibility index (Phi) is 4.64. The number of hydrogen-bond acceptors (Lipinski definition) is 5. The summed E-state index contributed by atoms with van der Waals surface area (Å²) < 4.78 is 10.4. The fraction of sp³-hybridized carbons (Fsp3) is 0.389. The van der Waals surface area contributed by atoms with Gasteiger partial charge in [0.15, 0.2) is 11.5 Å². The van der Waals surface area contributed by atoms with Crippen LogP contribution in [0.3, 0.4) is 0 Å². The number of allylic oxidation sites excluding steroid dienone is 2. The molecule has 0 radical (unpaired) electrons. The van der Waals surface area contributed by atoms with E-state index < -0.39 is 5.97 Å². The average Bonchev–Trinajstić information content (AvgIpc) is 2.85. The molecule has 2 aliphatic rings. The molecule has 3 rings (SSSR count). The number of benzene rings is 1. The lowest BCUT2D eigenvalue weighted by Crippen LogP contribution is -2.33. The van der Waals surface area contributed by atoms with Crippen LogP contribution in [0.4, 0.5) is 0 Å². The number of methoxy groups -OCH3 is 1. The van der Waals surface area contributed by atoms with E-state index in [1.165, 1.54) is 12.0 Å². The van der Waals surface area contributed by atoms with Gasteiger partial charge in [-0.3, -0.25) is 19.3 Å². The number of esters is 1. The van der Waals surface area contributed by atoms with Crippen molar-refractivity contribution in [1.82, 2.24) is 4.90 Å². The zero-order valence-corrected chi connectivity index (χ0v) is 13.4. The van der Waals surface area contributed by atoms with Crippen LogP contribution >= 0.6 is 0 Å². The van der Waals surface area contributed by atoms with E-state index in [1.54, 1.807) is 24.3 Å². The van der Waals surface area contributed by atoms with Crippen molar-refractivity contribution in [3.05, 3.63) is 36.4 Å². The van der Waals surface area contributed by atoms with Crippen LogP contribution in [0.2, 0.25) is 0 Å². The fourth-order valence-electron chi connectivity index (χ4n) is 3.17. The third kappa shape index (κ3) is 3.04. The minimum Gasteiger partial charge on any atom is -0.493 e. The summed E-state index contributed by atoms with van der Waals surface area (Å²) >= 11 is 0. The molecule has 126 valence electrons. The predicted molar refractivity (Wildman–Crippen MR) is 85.3 cm³/mol. The van der Waals surface area contributed by atoms with Crippen LogP contribution in [0, 0.1) is 11.8 Å². The summed E-state index contributed by atoms with van der Waals surface area (Å²) in [6.45, 7) is 0.0542. The molecule has 1 aliphatic heterocycles. The van der Waals surface area contributed by atoms with Crippen molar-refractivity contribution in [2.45, 2.75) is 19.3 Å². The molecule has 1 aromatic carbocycles. The Hall–Kier alpha value is -2.63. The van der Waals surface area contributed by atoms with Crippen LogP contribution in [0.5, 0.6) is 11.5 Å². The van der Waals surface area contributed by atoms with Gasteiger partial charge in [-0.15, -0.1) is 0 Å². The molecule has 2 amide bonds. The molecule has 0 aromatic heterocycles. The molecule has 1 saturated heterocycles. The molecule has 0 spiro atoms. The number of rotatable bonds is 5. The van der Waals surface area contributed by atoms with Gasteiger partial charge < -0.3 is 9.47 Å². The van der Waals surface area contributed by atoms with Crippen molar-refractivity contribution in [1.29, 1.82) is 0 Å². The Bertz CT molecular complexity index is 670. The maximum atomic E-state index is 12.3. The van der Waals surface area contributed by atoms with Crippen molar-refractivity contribution in [3.8, 4) is 11.5 Å². The zero-order chi connectivity index (χ0) is 17.1. The first-order chi connectivity index (χ1) is 11.6. The van der Waals surface area contributed by atoms with Gasteiger partial charge in [0.05, 0.1) is 25.4 Å². The molecule has 0 unspecified atom stereocenters. The number of imide groups is 1. The average molecular weight is 329 g/mol. The summed E-state index contributed by atoms with van der Waals surface area (Å²) in [6, 6.07) is 6.82. The van der Waals surface area contributed by atoms with Crippen molar-refractivity contribution in [3.63, 3.8) is 0 Å². The fourth-order valence-corrected chi connectivity index (χ4v) is 3.17. The van der Waals surface area contributed by atoms with Gasteiger partial charge in [0.1, 0.15) is 0 Å². The number of amides is 2. The van der Waals surface area contributed by atoms with Gasteiger partial charge in [-0.25, -0.2) is 0 Å². The second-order valence-electron chi connectivity index (χ2n) is 5.86. The molecule has 1 fully saturated rings. The van der Waals surface area contributed by atoms with Crippen molar-refractivity contribution in [2.24, 2.45) is 11.8 Å². The number of hydrogen-bond donors (Lipinski definition) is 0. The Morgan fingerprint density at radius 2 is 1.67 bits per heavy atom. The molecule has 24 heavy (non-hydrogen) atoms. The van der Waals surface area contributed by atoms with E-state index in [0.717, 1.165) is 0 Å². The molecule has 0 N–H and O–H groups in total. The van der Waals surface area contributed by atoms with Crippen LogP contribution in [0.25, 0.3) is 0 Å². The third-order valence-corrected chi connectivity index (χ3v) is 4.43. The molecule has 6 nitrogen and oxygen atoms in total. The van der Waals surface area contributed by atoms with E-state index >= 15 is 0 Å². The van der Waals surface area contributed by atoms with Crippen LogP contribution in [0.1, 0.15) is 19.3 Å². The van der Waals surface area contributed by atoms with Crippen molar-refractivity contribution >= 4 is 17.8 Å². The highest BCUT2D eigenvalue weighted by atomic mass is 16.6. The van der Waals surface area contributed by atoms with Gasteiger partial charge in [-0.05, 0) is 25.0 Å². The first-order valence-electron chi connectivity index (χ1n) is 7.95. The lowest BCUT2D eigenvalue weighted by Gasteiger charge is -2.14. The Labute approximate surface area is 140 Å². The summed E-state index contributed by atoms with van der Waals surface area (Å²) in [5.74, 6) is -0.634. The Morgan fingerprint density at radius 1 is 1.08 bits per heavy atom. The van der Waals surface area contributed by atoms with Gasteiger partial charge in [-0.2, -0.15) is 0 Å². The van der Waals surface area contributed by atoms with Gasteiger partial charge in [0, 0.05) is 6.54 Å². The number of nitrogens with zero attached hydrogens (tertiary/aromatic N) is 1. The summed E-state index contributed by atoms with van der Waals surface area (Å²) in [6.07, 6.45) is 5.02. The largest absolute Gasteiger partial charge is 0.493 e. The number of carbonyl (C=O) groups is 3. The van der Waals surface area contributed by atoms with Gasteiger partial charge in [0.25, 0.3) is 0 Å². The number of ether oxygens (including phenoxy) is 2. The first-order valence-corrected chi connectivity index (χ1v) is 7.95. The van der Waals surface area contributed by atoms with Crippen molar-refractivity contribution < 1.29 is 23.9 Å². The lowest BCUT2D eigenvalue weighted by molar-refractivity contribution is -0.141. The van der Waals surface area contributed by atoms with E-state index in [2.05, 4.69) is 0 Å². The van der Waals surface area contributed by atoms with Crippen LogP contribution in [-0.4, -0.2) is 36.3 Å². The highest BCUT2D eigenvalue weighted by molar-refractivity contribution is 6.05. The molecule has 0 saturated carbocycles. The quantitative estimate of drug-likeness (QED) is 0.357. The predicted octanol–water partition coefficient (Wildman–Crippen LogP) is 1.94. The van der Waals surface area contributed by atoms with Crippen LogP contribution < -0.4 is 9.47 Å². The summed E-state index contributed by atoms with van der Waals surface area (Å²) in [4.78, 5) is 37.9. The number of fused-ring (bicyclic) bond motifs is 1. The van der Waals surface area contributed by atoms with E-state index in [-0.39, 0.29) is 36.6 Å². The maximum Gasteiger partial charge on any atom is 0.313 e. The summed E-state index contributed by atoms with van der Waals surface area (Å²) in [5.41, 5.74) is 0. The SMILES string of the molecule is COc1ccccc1OC(=O)CCN1C(=O)[C@H]2CC=CC[C@@H]2C1=O. The highest BCUT2D eigenvalue weighted by Gasteiger charge is 2.46. The maximum absolute atomic E-state index is 12.3. The highest BCUT2D eigenvalue weighted by Crippen LogP contribution is 2.35. The molecule has 0 bridgehead atoms. The Morgan fingerprint density at radius 3 is 2.25 bits per heavy atom. The van der Waals surface area contributed by atoms with Gasteiger partial charge in [-0.1, -0.05) is 24.3 Å². The minimum absolute atomic E-state index is 0.0393. The standard InChI is InChI=1S/C18H19NO5/c1-23-14-8-4-5-9-15(14)24-16(20)10-11-19-17(21)12-6-2-3-7-13(12)18(19)22/h2-5,8-9,12-13H,6-7,10-11H2,1H3/t12-,13-/m0/s1. The number of carbonyl (C=O) groups excluding carboxylic acids is 3. The molecule has 6 heteroatoms. The smallest absolute Gasteiger partial charge is 0.313 e. The molecule has 1 heterocycles. The molecular weight excluding hydrogens is 310 g/mol. The van der Waals surface area contributed by atoms with E-state index in [1.807, 2.05) is 12.2 Å². The number of para-hydroxylation sites is 2. The van der Waals surface area contributed by atoms with E-state index in [4.69, 9.17) is 9.47 Å². The second-order valence-corrected chi connectivity index (χ2v) is 5.86.